The predicted molar refractivity (Wildman–Crippen MR) is 125 cm³/mol. The number of para-hydroxylation sites is 1. The van der Waals surface area contributed by atoms with Gasteiger partial charge in [-0.3, -0.25) is 19.7 Å². The minimum atomic E-state index is -4.11. The number of benzene rings is 2. The largest absolute Gasteiger partial charge is 0.341 e. The van der Waals surface area contributed by atoms with Crippen molar-refractivity contribution in [3.63, 3.8) is 0 Å². The molecule has 1 aliphatic rings. The molecule has 2 aromatic carbocycles. The van der Waals surface area contributed by atoms with Gasteiger partial charge in [0.05, 0.1) is 4.92 Å². The van der Waals surface area contributed by atoms with Gasteiger partial charge in [-0.25, -0.2) is 8.42 Å². The van der Waals surface area contributed by atoms with Crippen molar-refractivity contribution in [3.8, 4) is 0 Å². The van der Waals surface area contributed by atoms with Gasteiger partial charge in [0, 0.05) is 38.7 Å². The molecular weight excluding hydrogens is 460 g/mol. The number of piperazine rings is 1. The smallest absolute Gasteiger partial charge is 0.289 e. The Labute approximate surface area is 198 Å². The van der Waals surface area contributed by atoms with Crippen LogP contribution in [0.2, 0.25) is 0 Å². The topological polar surface area (TPSA) is 130 Å². The molecule has 0 spiro atoms. The number of nitro groups is 1. The van der Waals surface area contributed by atoms with E-state index in [2.05, 4.69) is 5.32 Å². The van der Waals surface area contributed by atoms with Crippen LogP contribution in [0.15, 0.2) is 59.5 Å². The van der Waals surface area contributed by atoms with Gasteiger partial charge in [-0.15, -0.1) is 0 Å². The third-order valence-electron chi connectivity index (χ3n) is 5.51. The normalized spacial score (nSPS) is 15.7. The van der Waals surface area contributed by atoms with E-state index in [0.29, 0.717) is 5.56 Å². The van der Waals surface area contributed by atoms with E-state index in [1.54, 1.807) is 24.3 Å². The zero-order valence-corrected chi connectivity index (χ0v) is 19.9. The summed E-state index contributed by atoms with van der Waals surface area (Å²) < 4.78 is 27.3. The van der Waals surface area contributed by atoms with E-state index in [1.807, 2.05) is 19.9 Å². The summed E-state index contributed by atoms with van der Waals surface area (Å²) >= 11 is 0. The molecule has 1 saturated heterocycles. The van der Waals surface area contributed by atoms with Gasteiger partial charge in [0.25, 0.3) is 5.69 Å². The molecule has 0 aromatic heterocycles. The summed E-state index contributed by atoms with van der Waals surface area (Å²) in [6, 6.07) is 13.2. The molecule has 182 valence electrons. The molecule has 2 aromatic rings. The molecule has 1 N–H and O–H groups in total. The van der Waals surface area contributed by atoms with Crippen molar-refractivity contribution in [1.82, 2.24) is 14.5 Å². The lowest BCUT2D eigenvalue weighted by molar-refractivity contribution is -0.387. The Morgan fingerprint density at radius 1 is 1.00 bits per heavy atom. The van der Waals surface area contributed by atoms with Crippen LogP contribution in [0.5, 0.6) is 0 Å². The van der Waals surface area contributed by atoms with Crippen LogP contribution in [0.1, 0.15) is 31.9 Å². The molecule has 10 nitrogen and oxygen atoms in total. The van der Waals surface area contributed by atoms with E-state index in [9.17, 15) is 28.1 Å². The summed E-state index contributed by atoms with van der Waals surface area (Å²) in [5.74, 6) is -0.442. The third-order valence-corrected chi connectivity index (χ3v) is 7.45. The van der Waals surface area contributed by atoms with Crippen LogP contribution in [-0.4, -0.2) is 60.5 Å². The van der Waals surface area contributed by atoms with Crippen molar-refractivity contribution in [3.05, 3.63) is 70.3 Å². The maximum absolute atomic E-state index is 13.3. The van der Waals surface area contributed by atoms with Crippen LogP contribution in [0.3, 0.4) is 0 Å². The molecule has 0 radical (unpaired) electrons. The van der Waals surface area contributed by atoms with Gasteiger partial charge >= 0.3 is 0 Å². The molecule has 2 amide bonds. The number of nitrogens with one attached hydrogen (secondary N) is 1. The number of amides is 2. The summed E-state index contributed by atoms with van der Waals surface area (Å²) in [7, 11) is -4.11. The first-order valence-electron chi connectivity index (χ1n) is 11.0. The highest BCUT2D eigenvalue weighted by Crippen LogP contribution is 2.27. The Hall–Kier alpha value is -3.31. The van der Waals surface area contributed by atoms with Crippen LogP contribution >= 0.6 is 0 Å². The van der Waals surface area contributed by atoms with Crippen molar-refractivity contribution in [1.29, 1.82) is 0 Å². The zero-order valence-electron chi connectivity index (χ0n) is 19.1. The van der Waals surface area contributed by atoms with E-state index in [-0.39, 0.29) is 55.2 Å². The Morgan fingerprint density at radius 3 is 2.18 bits per heavy atom. The molecule has 0 bridgehead atoms. The first-order chi connectivity index (χ1) is 16.1. The highest BCUT2D eigenvalue weighted by atomic mass is 32.2. The summed E-state index contributed by atoms with van der Waals surface area (Å²) in [4.78, 5) is 37.5. The van der Waals surface area contributed by atoms with E-state index >= 15 is 0 Å². The molecule has 34 heavy (non-hydrogen) atoms. The second-order valence-electron chi connectivity index (χ2n) is 8.46. The van der Waals surface area contributed by atoms with Gasteiger partial charge in [0.2, 0.25) is 21.8 Å². The van der Waals surface area contributed by atoms with Gasteiger partial charge in [0.1, 0.15) is 6.04 Å². The average Bonchev–Trinajstić information content (AvgIpc) is 2.82. The molecule has 1 heterocycles. The standard InChI is InChI=1S/C23H28N4O6S/c1-17(2)16-21(28)24-22(18-8-4-3-5-9-18)23(29)25-12-14-26(15-13-25)34(32,33)20-11-7-6-10-19(20)27(30)31/h3-11,17,22H,12-16H2,1-2H3,(H,24,28). The minimum Gasteiger partial charge on any atom is -0.341 e. The number of sulfonamides is 1. The lowest BCUT2D eigenvalue weighted by Crippen LogP contribution is -2.53. The van der Waals surface area contributed by atoms with E-state index < -0.39 is 26.7 Å². The average molecular weight is 489 g/mol. The fraction of sp³-hybridized carbons (Fsp3) is 0.391. The van der Waals surface area contributed by atoms with E-state index in [0.717, 1.165) is 10.4 Å². The van der Waals surface area contributed by atoms with Crippen LogP contribution in [-0.2, 0) is 19.6 Å². The molecule has 0 aliphatic carbocycles. The number of carbonyl (C=O) groups is 2. The monoisotopic (exact) mass is 488 g/mol. The number of hydrogen-bond donors (Lipinski definition) is 1. The van der Waals surface area contributed by atoms with E-state index in [4.69, 9.17) is 0 Å². The van der Waals surface area contributed by atoms with Gasteiger partial charge in [0.15, 0.2) is 4.90 Å². The van der Waals surface area contributed by atoms with Gasteiger partial charge in [-0.05, 0) is 17.5 Å². The fourth-order valence-electron chi connectivity index (χ4n) is 3.82. The summed E-state index contributed by atoms with van der Waals surface area (Å²) in [5, 5.41) is 14.1. The molecule has 3 rings (SSSR count). The molecule has 1 atom stereocenters. The van der Waals surface area contributed by atoms with Crippen LogP contribution < -0.4 is 5.32 Å². The second-order valence-corrected chi connectivity index (χ2v) is 10.4. The first-order valence-corrected chi connectivity index (χ1v) is 12.4. The maximum atomic E-state index is 13.3. The van der Waals surface area contributed by atoms with Crippen molar-refractivity contribution >= 4 is 27.5 Å². The maximum Gasteiger partial charge on any atom is 0.289 e. The van der Waals surface area contributed by atoms with Gasteiger partial charge in [-0.1, -0.05) is 56.3 Å². The first kappa shape index (κ1) is 25.3. The molecule has 1 aliphatic heterocycles. The lowest BCUT2D eigenvalue weighted by Gasteiger charge is -2.36. The number of nitrogens with zero attached hydrogens (tertiary/aromatic N) is 3. The zero-order chi connectivity index (χ0) is 24.9. The van der Waals surface area contributed by atoms with Crippen molar-refractivity contribution < 1.29 is 22.9 Å². The number of rotatable bonds is 8. The molecule has 11 heteroatoms. The van der Waals surface area contributed by atoms with Crippen LogP contribution in [0, 0.1) is 16.0 Å². The fourth-order valence-corrected chi connectivity index (χ4v) is 5.40. The molecule has 1 unspecified atom stereocenters. The van der Waals surface area contributed by atoms with Crippen molar-refractivity contribution in [2.45, 2.75) is 31.2 Å². The van der Waals surface area contributed by atoms with Gasteiger partial charge in [-0.2, -0.15) is 4.31 Å². The molecule has 1 fully saturated rings. The van der Waals surface area contributed by atoms with Gasteiger partial charge < -0.3 is 10.2 Å². The summed E-state index contributed by atoms with van der Waals surface area (Å²) in [6.45, 7) is 4.00. The second kappa shape index (κ2) is 10.7. The number of hydrogen-bond acceptors (Lipinski definition) is 6. The number of carbonyl (C=O) groups excluding carboxylic acids is 2. The Kier molecular flexibility index (Phi) is 8.00. The van der Waals surface area contributed by atoms with Crippen LogP contribution in [0.4, 0.5) is 5.69 Å². The number of nitro benzene ring substituents is 1. The third kappa shape index (κ3) is 5.78. The Morgan fingerprint density at radius 2 is 1.59 bits per heavy atom. The highest BCUT2D eigenvalue weighted by Gasteiger charge is 2.36. The highest BCUT2D eigenvalue weighted by molar-refractivity contribution is 7.89. The lowest BCUT2D eigenvalue weighted by atomic mass is 10.0. The minimum absolute atomic E-state index is 0.0123. The summed E-state index contributed by atoms with van der Waals surface area (Å²) in [6.07, 6.45) is 0.276. The van der Waals surface area contributed by atoms with Crippen LogP contribution in [0.25, 0.3) is 0 Å². The van der Waals surface area contributed by atoms with E-state index in [1.165, 1.54) is 23.1 Å². The quantitative estimate of drug-likeness (QED) is 0.448. The SMILES string of the molecule is CC(C)CC(=O)NC(C(=O)N1CCN(S(=O)(=O)c2ccccc2[N+](=O)[O-])CC1)c1ccccc1. The van der Waals surface area contributed by atoms with Crippen molar-refractivity contribution in [2.24, 2.45) is 5.92 Å². The van der Waals surface area contributed by atoms with Crippen molar-refractivity contribution in [2.75, 3.05) is 26.2 Å². The Bertz CT molecular complexity index is 1150. The molecule has 0 saturated carbocycles. The molecular formula is C23H28N4O6S. The predicted octanol–water partition coefficient (Wildman–Crippen LogP) is 2.33. The Balaban J connectivity index is 1.75. The summed E-state index contributed by atoms with van der Waals surface area (Å²) in [5.41, 5.74) is 0.151.